The summed E-state index contributed by atoms with van der Waals surface area (Å²) in [5.74, 6) is 0.534. The molecule has 2 N–H and O–H groups in total. The minimum absolute atomic E-state index is 0.236. The first-order chi connectivity index (χ1) is 10.7. The number of hydrogen-bond acceptors (Lipinski definition) is 4. The molecule has 2 aromatic rings. The van der Waals surface area contributed by atoms with Gasteiger partial charge in [0.1, 0.15) is 23.7 Å². The van der Waals surface area contributed by atoms with Gasteiger partial charge in [0.2, 0.25) is 0 Å². The third kappa shape index (κ3) is 3.30. The van der Waals surface area contributed by atoms with Gasteiger partial charge in [-0.15, -0.1) is 0 Å². The van der Waals surface area contributed by atoms with Gasteiger partial charge in [-0.05, 0) is 25.0 Å². The first kappa shape index (κ1) is 14.2. The maximum Gasteiger partial charge on any atom is 0.320 e. The molecule has 3 rings (SSSR count). The molecule has 0 spiro atoms. The molecular weight excluding hydrogens is 287 g/mol. The van der Waals surface area contributed by atoms with Crippen molar-refractivity contribution in [3.63, 3.8) is 0 Å². The van der Waals surface area contributed by atoms with Gasteiger partial charge in [0.15, 0.2) is 0 Å². The molecule has 0 bridgehead atoms. The van der Waals surface area contributed by atoms with Crippen molar-refractivity contribution >= 4 is 11.8 Å². The van der Waals surface area contributed by atoms with E-state index in [1.807, 2.05) is 0 Å². The lowest BCUT2D eigenvalue weighted by Crippen LogP contribution is -2.32. The average Bonchev–Trinajstić information content (AvgIpc) is 2.70. The normalized spacial score (nSPS) is 16.9. The molecule has 0 aliphatic carbocycles. The fourth-order valence-corrected chi connectivity index (χ4v) is 2.37. The van der Waals surface area contributed by atoms with E-state index < -0.39 is 0 Å². The van der Waals surface area contributed by atoms with Gasteiger partial charge in [0.05, 0.1) is 12.6 Å². The second-order valence-corrected chi connectivity index (χ2v) is 4.92. The van der Waals surface area contributed by atoms with Gasteiger partial charge in [0, 0.05) is 17.8 Å². The molecule has 22 heavy (non-hydrogen) atoms. The van der Waals surface area contributed by atoms with Crippen molar-refractivity contribution in [2.24, 2.45) is 0 Å². The Morgan fingerprint density at radius 1 is 1.36 bits per heavy atom. The highest BCUT2D eigenvalue weighted by Gasteiger charge is 2.22. The van der Waals surface area contributed by atoms with Gasteiger partial charge >= 0.3 is 6.03 Å². The maximum atomic E-state index is 13.3. The number of urea groups is 1. The quantitative estimate of drug-likeness (QED) is 0.894. The molecule has 1 atom stereocenters. The van der Waals surface area contributed by atoms with Crippen LogP contribution in [-0.4, -0.2) is 22.6 Å². The number of nitrogens with zero attached hydrogens (tertiary/aromatic N) is 2. The van der Waals surface area contributed by atoms with Crippen molar-refractivity contribution in [3.8, 4) is 5.75 Å². The predicted molar refractivity (Wildman–Crippen MR) is 78.1 cm³/mol. The van der Waals surface area contributed by atoms with Crippen LogP contribution in [0.2, 0.25) is 0 Å². The molecule has 2 heterocycles. The number of hydrogen-bond donors (Lipinski definition) is 2. The summed E-state index contributed by atoms with van der Waals surface area (Å²) in [6.45, 7) is 0.502. The molecule has 0 radical (unpaired) electrons. The van der Waals surface area contributed by atoms with E-state index in [0.717, 1.165) is 18.4 Å². The van der Waals surface area contributed by atoms with Gasteiger partial charge < -0.3 is 10.1 Å². The lowest BCUT2D eigenvalue weighted by atomic mass is 10.0. The van der Waals surface area contributed by atoms with Crippen LogP contribution in [-0.2, 0) is 0 Å². The zero-order valence-corrected chi connectivity index (χ0v) is 11.8. The summed E-state index contributed by atoms with van der Waals surface area (Å²) >= 11 is 0. The number of ether oxygens (including phenoxy) is 1. The number of fused-ring (bicyclic) bond motifs is 1. The molecule has 2 amide bonds. The molecule has 1 aliphatic heterocycles. The summed E-state index contributed by atoms with van der Waals surface area (Å²) in [6, 6.07) is 5.34. The van der Waals surface area contributed by atoms with Crippen LogP contribution in [0.15, 0.2) is 36.8 Å². The number of benzene rings is 1. The van der Waals surface area contributed by atoms with Crippen molar-refractivity contribution < 1.29 is 13.9 Å². The maximum absolute atomic E-state index is 13.3. The van der Waals surface area contributed by atoms with Crippen LogP contribution >= 0.6 is 0 Å². The summed E-state index contributed by atoms with van der Waals surface area (Å²) in [5, 5.41) is 5.51. The Hall–Kier alpha value is -2.70. The van der Waals surface area contributed by atoms with Crippen molar-refractivity contribution in [1.82, 2.24) is 15.3 Å². The SMILES string of the molecule is O=C(Nc1ccncn1)N[C@H]1CCCOc2cc(F)ccc21. The zero-order chi connectivity index (χ0) is 15.4. The highest BCUT2D eigenvalue weighted by atomic mass is 19.1. The molecule has 0 fully saturated rings. The van der Waals surface area contributed by atoms with Crippen LogP contribution in [0.5, 0.6) is 5.75 Å². The first-order valence-electron chi connectivity index (χ1n) is 6.98. The lowest BCUT2D eigenvalue weighted by Gasteiger charge is -2.18. The van der Waals surface area contributed by atoms with E-state index >= 15 is 0 Å². The Bertz CT molecular complexity index is 666. The predicted octanol–water partition coefficient (Wildman–Crippen LogP) is 2.65. The van der Waals surface area contributed by atoms with Crippen molar-refractivity contribution in [2.75, 3.05) is 11.9 Å². The Kier molecular flexibility index (Phi) is 4.13. The number of carbonyl (C=O) groups excluding carboxylic acids is 1. The smallest absolute Gasteiger partial charge is 0.320 e. The molecule has 1 aromatic carbocycles. The average molecular weight is 302 g/mol. The second kappa shape index (κ2) is 6.38. The van der Waals surface area contributed by atoms with Crippen LogP contribution in [0.25, 0.3) is 0 Å². The zero-order valence-electron chi connectivity index (χ0n) is 11.8. The third-order valence-electron chi connectivity index (χ3n) is 3.37. The summed E-state index contributed by atoms with van der Waals surface area (Å²) in [6.07, 6.45) is 4.39. The number of amides is 2. The topological polar surface area (TPSA) is 76.1 Å². The van der Waals surface area contributed by atoms with Crippen LogP contribution in [0, 0.1) is 5.82 Å². The van der Waals surface area contributed by atoms with E-state index in [1.54, 1.807) is 18.3 Å². The van der Waals surface area contributed by atoms with Gasteiger partial charge in [-0.1, -0.05) is 6.07 Å². The number of rotatable bonds is 2. The monoisotopic (exact) mass is 302 g/mol. The number of nitrogens with one attached hydrogen (secondary N) is 2. The van der Waals surface area contributed by atoms with Crippen LogP contribution < -0.4 is 15.4 Å². The number of carbonyl (C=O) groups is 1. The van der Waals surface area contributed by atoms with Crippen LogP contribution in [0.3, 0.4) is 0 Å². The standard InChI is InChI=1S/C15H15FN4O2/c16-10-3-4-11-12(2-1-7-22-13(11)8-10)19-15(21)20-14-5-6-17-9-18-14/h3-6,8-9,12H,1-2,7H2,(H2,17,18,19,20,21)/t12-/m0/s1. The third-order valence-corrected chi connectivity index (χ3v) is 3.37. The molecule has 114 valence electrons. The largest absolute Gasteiger partial charge is 0.493 e. The molecule has 6 nitrogen and oxygen atoms in total. The molecule has 0 unspecified atom stereocenters. The Morgan fingerprint density at radius 2 is 2.27 bits per heavy atom. The number of aromatic nitrogens is 2. The van der Waals surface area contributed by atoms with Crippen LogP contribution in [0.1, 0.15) is 24.4 Å². The highest BCUT2D eigenvalue weighted by molar-refractivity contribution is 5.88. The van der Waals surface area contributed by atoms with Crippen molar-refractivity contribution in [3.05, 3.63) is 48.2 Å². The Morgan fingerprint density at radius 3 is 3.09 bits per heavy atom. The van der Waals surface area contributed by atoms with E-state index in [2.05, 4.69) is 20.6 Å². The summed E-state index contributed by atoms with van der Waals surface area (Å²) in [4.78, 5) is 19.8. The van der Waals surface area contributed by atoms with Crippen molar-refractivity contribution in [2.45, 2.75) is 18.9 Å². The van der Waals surface area contributed by atoms with E-state index in [0.29, 0.717) is 18.2 Å². The number of halogens is 1. The molecule has 1 aromatic heterocycles. The van der Waals surface area contributed by atoms with Gasteiger partial charge in [-0.2, -0.15) is 0 Å². The van der Waals surface area contributed by atoms with Gasteiger partial charge in [-0.3, -0.25) is 5.32 Å². The highest BCUT2D eigenvalue weighted by Crippen LogP contribution is 2.32. The molecular formula is C15H15FN4O2. The van der Waals surface area contributed by atoms with Gasteiger partial charge in [-0.25, -0.2) is 19.2 Å². The Labute approximate surface area is 126 Å². The van der Waals surface area contributed by atoms with Crippen molar-refractivity contribution in [1.29, 1.82) is 0 Å². The molecule has 0 saturated heterocycles. The summed E-state index contributed by atoms with van der Waals surface area (Å²) in [7, 11) is 0. The molecule has 1 aliphatic rings. The summed E-state index contributed by atoms with van der Waals surface area (Å²) in [5.41, 5.74) is 0.775. The van der Waals surface area contributed by atoms with Gasteiger partial charge in [0.25, 0.3) is 0 Å². The second-order valence-electron chi connectivity index (χ2n) is 4.92. The Balaban J connectivity index is 1.73. The first-order valence-corrected chi connectivity index (χ1v) is 6.98. The minimum atomic E-state index is -0.374. The van der Waals surface area contributed by atoms with E-state index in [1.165, 1.54) is 18.5 Å². The van der Waals surface area contributed by atoms with Crippen LogP contribution in [0.4, 0.5) is 15.0 Å². The fraction of sp³-hybridized carbons (Fsp3) is 0.267. The minimum Gasteiger partial charge on any atom is -0.493 e. The summed E-state index contributed by atoms with van der Waals surface area (Å²) < 4.78 is 18.8. The van der Waals surface area contributed by atoms with E-state index in [-0.39, 0.29) is 17.9 Å². The van der Waals surface area contributed by atoms with E-state index in [9.17, 15) is 9.18 Å². The number of anilines is 1. The molecule has 0 saturated carbocycles. The lowest BCUT2D eigenvalue weighted by molar-refractivity contribution is 0.247. The fourth-order valence-electron chi connectivity index (χ4n) is 2.37. The van der Waals surface area contributed by atoms with E-state index in [4.69, 9.17) is 4.74 Å². The molecule has 7 heteroatoms.